The highest BCUT2D eigenvalue weighted by atomic mass is 16.3. The molecule has 2 N–H and O–H groups in total. The first-order chi connectivity index (χ1) is 9.21. The number of nitrogens with zero attached hydrogens (tertiary/aromatic N) is 3. The van der Waals surface area contributed by atoms with Gasteiger partial charge in [-0.3, -0.25) is 0 Å². The lowest BCUT2D eigenvalue weighted by Crippen LogP contribution is -2.05. The predicted octanol–water partition coefficient (Wildman–Crippen LogP) is 1.76. The number of aliphatic hydroxyl groups excluding tert-OH is 1. The summed E-state index contributed by atoms with van der Waals surface area (Å²) in [6, 6.07) is 11.3. The molecule has 19 heavy (non-hydrogen) atoms. The first-order valence-electron chi connectivity index (χ1n) is 5.89. The first-order valence-corrected chi connectivity index (χ1v) is 5.89. The standard InChI is InChI=1S/C14H14N4O/c1-10-5-13(7-15)18-14(17-10)16-8-11-3-2-4-12(6-11)9-19/h2-6,19H,8-9H2,1H3,(H,16,17,18). The fraction of sp³-hybridized carbons (Fsp3) is 0.214. The van der Waals surface area contributed by atoms with Crippen LogP contribution in [0.3, 0.4) is 0 Å². The van der Waals surface area contributed by atoms with E-state index in [1.807, 2.05) is 37.3 Å². The maximum absolute atomic E-state index is 9.07. The fourth-order valence-electron chi connectivity index (χ4n) is 1.72. The van der Waals surface area contributed by atoms with E-state index in [2.05, 4.69) is 15.3 Å². The highest BCUT2D eigenvalue weighted by molar-refractivity contribution is 5.34. The maximum atomic E-state index is 9.07. The van der Waals surface area contributed by atoms with Crippen LogP contribution in [0.4, 0.5) is 5.95 Å². The molecule has 2 rings (SSSR count). The van der Waals surface area contributed by atoms with Crippen molar-refractivity contribution in [1.29, 1.82) is 5.26 Å². The summed E-state index contributed by atoms with van der Waals surface area (Å²) in [5, 5.41) is 21.0. The zero-order chi connectivity index (χ0) is 13.7. The van der Waals surface area contributed by atoms with E-state index in [1.54, 1.807) is 6.07 Å². The van der Waals surface area contributed by atoms with Gasteiger partial charge in [-0.05, 0) is 24.1 Å². The molecule has 0 atom stereocenters. The van der Waals surface area contributed by atoms with Crippen molar-refractivity contribution >= 4 is 5.95 Å². The Balaban J connectivity index is 2.10. The molecule has 0 unspecified atom stereocenters. The van der Waals surface area contributed by atoms with Crippen molar-refractivity contribution in [3.63, 3.8) is 0 Å². The molecule has 5 nitrogen and oxygen atoms in total. The minimum atomic E-state index is 0.0212. The lowest BCUT2D eigenvalue weighted by molar-refractivity contribution is 0.281. The predicted molar refractivity (Wildman–Crippen MR) is 71.2 cm³/mol. The monoisotopic (exact) mass is 254 g/mol. The van der Waals surface area contributed by atoms with Crippen molar-refractivity contribution in [2.75, 3.05) is 5.32 Å². The minimum absolute atomic E-state index is 0.0212. The van der Waals surface area contributed by atoms with Crippen molar-refractivity contribution in [3.05, 3.63) is 52.8 Å². The lowest BCUT2D eigenvalue weighted by atomic mass is 10.1. The van der Waals surface area contributed by atoms with E-state index in [0.29, 0.717) is 18.2 Å². The number of anilines is 1. The van der Waals surface area contributed by atoms with Crippen LogP contribution < -0.4 is 5.32 Å². The molecule has 0 aliphatic rings. The van der Waals surface area contributed by atoms with Gasteiger partial charge >= 0.3 is 0 Å². The molecular weight excluding hydrogens is 240 g/mol. The van der Waals surface area contributed by atoms with Crippen LogP contribution in [0.5, 0.6) is 0 Å². The van der Waals surface area contributed by atoms with Gasteiger partial charge in [0, 0.05) is 12.2 Å². The molecule has 0 saturated carbocycles. The van der Waals surface area contributed by atoms with E-state index in [0.717, 1.165) is 16.8 Å². The number of aryl methyl sites for hydroxylation is 1. The summed E-state index contributed by atoms with van der Waals surface area (Å²) in [4.78, 5) is 8.29. The van der Waals surface area contributed by atoms with E-state index in [1.165, 1.54) is 0 Å². The number of hydrogen-bond donors (Lipinski definition) is 2. The largest absolute Gasteiger partial charge is 0.392 e. The second kappa shape index (κ2) is 5.94. The Morgan fingerprint density at radius 3 is 2.79 bits per heavy atom. The SMILES string of the molecule is Cc1cc(C#N)nc(NCc2cccc(CO)c2)n1. The van der Waals surface area contributed by atoms with Crippen LogP contribution in [-0.4, -0.2) is 15.1 Å². The van der Waals surface area contributed by atoms with Crippen LogP contribution in [0.2, 0.25) is 0 Å². The Bertz CT molecular complexity index is 619. The van der Waals surface area contributed by atoms with E-state index in [-0.39, 0.29) is 6.61 Å². The fourth-order valence-corrected chi connectivity index (χ4v) is 1.72. The van der Waals surface area contributed by atoms with Gasteiger partial charge in [0.25, 0.3) is 0 Å². The number of hydrogen-bond acceptors (Lipinski definition) is 5. The Morgan fingerprint density at radius 2 is 2.05 bits per heavy atom. The zero-order valence-electron chi connectivity index (χ0n) is 10.6. The lowest BCUT2D eigenvalue weighted by Gasteiger charge is -2.07. The number of benzene rings is 1. The molecular formula is C14H14N4O. The van der Waals surface area contributed by atoms with Gasteiger partial charge in [0.1, 0.15) is 11.8 Å². The van der Waals surface area contributed by atoms with E-state index < -0.39 is 0 Å². The number of aliphatic hydroxyl groups is 1. The Labute approximate surface area is 111 Å². The third kappa shape index (κ3) is 3.50. The molecule has 0 aliphatic heterocycles. The van der Waals surface area contributed by atoms with Crippen LogP contribution in [0, 0.1) is 18.3 Å². The molecule has 1 aromatic carbocycles. The molecule has 0 amide bonds. The summed E-state index contributed by atoms with van der Waals surface area (Å²) in [6.45, 7) is 2.38. The van der Waals surface area contributed by atoms with E-state index in [9.17, 15) is 0 Å². The van der Waals surface area contributed by atoms with Crippen molar-refractivity contribution in [3.8, 4) is 6.07 Å². The van der Waals surface area contributed by atoms with Gasteiger partial charge < -0.3 is 10.4 Å². The van der Waals surface area contributed by atoms with Crippen LogP contribution in [0.1, 0.15) is 22.5 Å². The second-order valence-corrected chi connectivity index (χ2v) is 4.16. The van der Waals surface area contributed by atoms with Crippen LogP contribution in [0.15, 0.2) is 30.3 Å². The number of rotatable bonds is 4. The van der Waals surface area contributed by atoms with Crippen molar-refractivity contribution < 1.29 is 5.11 Å². The highest BCUT2D eigenvalue weighted by Gasteiger charge is 2.02. The van der Waals surface area contributed by atoms with Gasteiger partial charge in [-0.15, -0.1) is 0 Å². The summed E-state index contributed by atoms with van der Waals surface area (Å²) < 4.78 is 0. The Hall–Kier alpha value is -2.45. The molecule has 1 aromatic heterocycles. The Kier molecular flexibility index (Phi) is 4.06. The normalized spacial score (nSPS) is 9.95. The number of nitrogens with one attached hydrogen (secondary N) is 1. The van der Waals surface area contributed by atoms with Gasteiger partial charge in [-0.2, -0.15) is 5.26 Å². The van der Waals surface area contributed by atoms with E-state index in [4.69, 9.17) is 10.4 Å². The summed E-state index contributed by atoms with van der Waals surface area (Å²) in [5.41, 5.74) is 2.98. The highest BCUT2D eigenvalue weighted by Crippen LogP contribution is 2.09. The number of aromatic nitrogens is 2. The number of nitriles is 1. The molecule has 2 aromatic rings. The van der Waals surface area contributed by atoms with Crippen LogP contribution in [0.25, 0.3) is 0 Å². The van der Waals surface area contributed by atoms with Crippen LogP contribution >= 0.6 is 0 Å². The van der Waals surface area contributed by atoms with Gasteiger partial charge in [-0.1, -0.05) is 24.3 Å². The average Bonchev–Trinajstić information content (AvgIpc) is 2.44. The smallest absolute Gasteiger partial charge is 0.224 e. The topological polar surface area (TPSA) is 81.8 Å². The quantitative estimate of drug-likeness (QED) is 0.868. The third-order valence-electron chi connectivity index (χ3n) is 2.59. The van der Waals surface area contributed by atoms with Crippen molar-refractivity contribution in [2.45, 2.75) is 20.1 Å². The van der Waals surface area contributed by atoms with Crippen LogP contribution in [-0.2, 0) is 13.2 Å². The summed E-state index contributed by atoms with van der Waals surface area (Å²) >= 11 is 0. The minimum Gasteiger partial charge on any atom is -0.392 e. The third-order valence-corrected chi connectivity index (χ3v) is 2.59. The van der Waals surface area contributed by atoms with E-state index >= 15 is 0 Å². The molecule has 0 radical (unpaired) electrons. The molecule has 0 aliphatic carbocycles. The zero-order valence-corrected chi connectivity index (χ0v) is 10.6. The molecule has 5 heteroatoms. The second-order valence-electron chi connectivity index (χ2n) is 4.16. The molecule has 0 fully saturated rings. The first kappa shape index (κ1) is 13.0. The molecule has 0 saturated heterocycles. The van der Waals surface area contributed by atoms with Gasteiger partial charge in [-0.25, -0.2) is 9.97 Å². The summed E-state index contributed by atoms with van der Waals surface area (Å²) in [6.07, 6.45) is 0. The van der Waals surface area contributed by atoms with Gasteiger partial charge in [0.2, 0.25) is 5.95 Å². The Morgan fingerprint density at radius 1 is 1.26 bits per heavy atom. The van der Waals surface area contributed by atoms with Gasteiger partial charge in [0.15, 0.2) is 0 Å². The molecule has 1 heterocycles. The molecule has 0 bridgehead atoms. The molecule has 96 valence electrons. The van der Waals surface area contributed by atoms with Gasteiger partial charge in [0.05, 0.1) is 6.61 Å². The summed E-state index contributed by atoms with van der Waals surface area (Å²) in [7, 11) is 0. The average molecular weight is 254 g/mol. The van der Waals surface area contributed by atoms with Crippen molar-refractivity contribution in [1.82, 2.24) is 9.97 Å². The maximum Gasteiger partial charge on any atom is 0.224 e. The summed E-state index contributed by atoms with van der Waals surface area (Å²) in [5.74, 6) is 0.436. The molecule has 0 spiro atoms. The van der Waals surface area contributed by atoms with Crippen molar-refractivity contribution in [2.24, 2.45) is 0 Å².